The molecule has 0 bridgehead atoms. The number of benzene rings is 2. The third-order valence-electron chi connectivity index (χ3n) is 3.27. The normalized spacial score (nSPS) is 15.7. The van der Waals surface area contributed by atoms with Crippen LogP contribution in [0.15, 0.2) is 48.5 Å². The summed E-state index contributed by atoms with van der Waals surface area (Å²) in [5.74, 6) is 0. The van der Waals surface area contributed by atoms with Gasteiger partial charge in [-0.2, -0.15) is 0 Å². The maximum absolute atomic E-state index is 5.39. The van der Waals surface area contributed by atoms with E-state index in [1.807, 2.05) is 12.1 Å². The maximum Gasteiger partial charge on any atom is 0.0642 e. The highest BCUT2D eigenvalue weighted by Crippen LogP contribution is 2.24. The first-order valence-electron chi connectivity index (χ1n) is 6.33. The van der Waals surface area contributed by atoms with Gasteiger partial charge in [0, 0.05) is 18.8 Å². The minimum Gasteiger partial charge on any atom is -0.378 e. The highest BCUT2D eigenvalue weighted by atomic mass is 16.5. The van der Waals surface area contributed by atoms with Gasteiger partial charge in [-0.05, 0) is 29.3 Å². The molecule has 0 aliphatic carbocycles. The molecule has 0 aromatic heterocycles. The van der Waals surface area contributed by atoms with Crippen molar-refractivity contribution in [2.45, 2.75) is 0 Å². The van der Waals surface area contributed by atoms with Gasteiger partial charge < -0.3 is 9.64 Å². The van der Waals surface area contributed by atoms with Gasteiger partial charge >= 0.3 is 0 Å². The lowest BCUT2D eigenvalue weighted by molar-refractivity contribution is 0.122. The van der Waals surface area contributed by atoms with Crippen molar-refractivity contribution in [2.24, 2.45) is 0 Å². The van der Waals surface area contributed by atoms with E-state index >= 15 is 0 Å². The highest BCUT2D eigenvalue weighted by Gasteiger charge is 2.11. The van der Waals surface area contributed by atoms with Gasteiger partial charge in [0.05, 0.1) is 13.2 Å². The van der Waals surface area contributed by atoms with Crippen LogP contribution in [-0.2, 0) is 4.74 Å². The predicted octanol–water partition coefficient (Wildman–Crippen LogP) is 2.99. The summed E-state index contributed by atoms with van der Waals surface area (Å²) in [6.07, 6.45) is 0. The van der Waals surface area contributed by atoms with Crippen LogP contribution in [0, 0.1) is 6.07 Å². The molecule has 1 saturated heterocycles. The van der Waals surface area contributed by atoms with E-state index in [9.17, 15) is 0 Å². The Hall–Kier alpha value is -1.80. The fourth-order valence-corrected chi connectivity index (χ4v) is 2.28. The Kier molecular flexibility index (Phi) is 3.29. The van der Waals surface area contributed by atoms with Crippen LogP contribution in [0.3, 0.4) is 0 Å². The summed E-state index contributed by atoms with van der Waals surface area (Å²) in [5, 5.41) is 0. The molecule has 0 unspecified atom stereocenters. The Morgan fingerprint density at radius 3 is 2.50 bits per heavy atom. The molecular weight excluding hydrogens is 222 g/mol. The second kappa shape index (κ2) is 5.23. The van der Waals surface area contributed by atoms with E-state index < -0.39 is 0 Å². The lowest BCUT2D eigenvalue weighted by Crippen LogP contribution is -2.36. The van der Waals surface area contributed by atoms with Crippen molar-refractivity contribution in [1.82, 2.24) is 0 Å². The summed E-state index contributed by atoms with van der Waals surface area (Å²) in [5.41, 5.74) is 3.78. The summed E-state index contributed by atoms with van der Waals surface area (Å²) in [4.78, 5) is 2.38. The van der Waals surface area contributed by atoms with E-state index in [4.69, 9.17) is 4.74 Å². The molecule has 1 fully saturated rings. The third-order valence-corrected chi connectivity index (χ3v) is 3.27. The van der Waals surface area contributed by atoms with Crippen LogP contribution in [-0.4, -0.2) is 26.3 Å². The first kappa shape index (κ1) is 11.3. The van der Waals surface area contributed by atoms with Crippen LogP contribution in [0.25, 0.3) is 11.1 Å². The first-order chi connectivity index (χ1) is 8.93. The minimum atomic E-state index is 0.824. The molecule has 0 N–H and O–H groups in total. The Morgan fingerprint density at radius 2 is 1.72 bits per heavy atom. The summed E-state index contributed by atoms with van der Waals surface area (Å²) in [7, 11) is 0. The van der Waals surface area contributed by atoms with Gasteiger partial charge in [-0.15, -0.1) is 0 Å². The van der Waals surface area contributed by atoms with Crippen molar-refractivity contribution in [3.8, 4) is 11.1 Å². The Balaban J connectivity index is 1.89. The minimum absolute atomic E-state index is 0.824. The second-order valence-corrected chi connectivity index (χ2v) is 4.44. The maximum atomic E-state index is 5.39. The van der Waals surface area contributed by atoms with Gasteiger partial charge in [-0.25, -0.2) is 0 Å². The average molecular weight is 238 g/mol. The lowest BCUT2D eigenvalue weighted by Gasteiger charge is -2.29. The van der Waals surface area contributed by atoms with Crippen LogP contribution in [0.1, 0.15) is 0 Å². The summed E-state index contributed by atoms with van der Waals surface area (Å²) < 4.78 is 5.39. The zero-order valence-electron chi connectivity index (χ0n) is 10.3. The molecule has 0 spiro atoms. The van der Waals surface area contributed by atoms with Gasteiger partial charge in [-0.1, -0.05) is 36.4 Å². The SMILES string of the molecule is [c]1ccc(-c2cccc(N3CCOCC3)c2)cc1. The summed E-state index contributed by atoms with van der Waals surface area (Å²) >= 11 is 0. The van der Waals surface area contributed by atoms with Crippen molar-refractivity contribution in [2.75, 3.05) is 31.2 Å². The molecule has 2 aromatic rings. The molecule has 1 radical (unpaired) electrons. The molecule has 2 aromatic carbocycles. The summed E-state index contributed by atoms with van der Waals surface area (Å²) in [6, 6.07) is 19.9. The quantitative estimate of drug-likeness (QED) is 0.797. The fourth-order valence-electron chi connectivity index (χ4n) is 2.28. The molecule has 18 heavy (non-hydrogen) atoms. The molecule has 3 rings (SSSR count). The lowest BCUT2D eigenvalue weighted by atomic mass is 10.0. The zero-order valence-corrected chi connectivity index (χ0v) is 10.3. The van der Waals surface area contributed by atoms with Crippen molar-refractivity contribution in [1.29, 1.82) is 0 Å². The molecule has 2 heteroatoms. The molecule has 1 heterocycles. The van der Waals surface area contributed by atoms with Crippen molar-refractivity contribution in [3.05, 3.63) is 54.6 Å². The van der Waals surface area contributed by atoms with E-state index in [0.717, 1.165) is 26.3 Å². The molecule has 1 aliphatic rings. The van der Waals surface area contributed by atoms with E-state index in [0.29, 0.717) is 0 Å². The van der Waals surface area contributed by atoms with Gasteiger partial charge in [0.25, 0.3) is 0 Å². The van der Waals surface area contributed by atoms with E-state index in [1.165, 1.54) is 16.8 Å². The van der Waals surface area contributed by atoms with Crippen LogP contribution in [0.5, 0.6) is 0 Å². The topological polar surface area (TPSA) is 12.5 Å². The molecule has 0 amide bonds. The van der Waals surface area contributed by atoms with Gasteiger partial charge in [0.2, 0.25) is 0 Å². The Labute approximate surface area is 108 Å². The van der Waals surface area contributed by atoms with Crippen LogP contribution in [0.4, 0.5) is 5.69 Å². The number of nitrogens with zero attached hydrogens (tertiary/aromatic N) is 1. The van der Waals surface area contributed by atoms with Gasteiger partial charge in [0.15, 0.2) is 0 Å². The van der Waals surface area contributed by atoms with Crippen molar-refractivity contribution in [3.63, 3.8) is 0 Å². The predicted molar refractivity (Wildman–Crippen MR) is 73.7 cm³/mol. The third kappa shape index (κ3) is 2.39. The molecular formula is C16H16NO. The van der Waals surface area contributed by atoms with Crippen molar-refractivity contribution < 1.29 is 4.74 Å². The monoisotopic (exact) mass is 238 g/mol. The highest BCUT2D eigenvalue weighted by molar-refractivity contribution is 5.68. The average Bonchev–Trinajstić information content (AvgIpc) is 2.49. The molecule has 91 valence electrons. The standard InChI is InChI=1S/C16H16NO/c1-2-5-14(6-3-1)15-7-4-8-16(13-15)17-9-11-18-12-10-17/h2-8,13H,9-12H2. The first-order valence-corrected chi connectivity index (χ1v) is 6.33. The van der Waals surface area contributed by atoms with E-state index in [2.05, 4.69) is 47.4 Å². The van der Waals surface area contributed by atoms with E-state index in [1.54, 1.807) is 0 Å². The Bertz CT molecular complexity index is 504. The smallest absolute Gasteiger partial charge is 0.0642 e. The largest absolute Gasteiger partial charge is 0.378 e. The van der Waals surface area contributed by atoms with Crippen molar-refractivity contribution >= 4 is 5.69 Å². The number of anilines is 1. The number of ether oxygens (including phenoxy) is 1. The van der Waals surface area contributed by atoms with Gasteiger partial charge in [-0.3, -0.25) is 0 Å². The fraction of sp³-hybridized carbons (Fsp3) is 0.250. The van der Waals surface area contributed by atoms with E-state index in [-0.39, 0.29) is 0 Å². The summed E-state index contributed by atoms with van der Waals surface area (Å²) in [6.45, 7) is 3.60. The second-order valence-electron chi connectivity index (χ2n) is 4.44. The Morgan fingerprint density at radius 1 is 0.944 bits per heavy atom. The molecule has 1 aliphatic heterocycles. The zero-order chi connectivity index (χ0) is 12.2. The number of morpholine rings is 1. The molecule has 0 atom stereocenters. The van der Waals surface area contributed by atoms with Crippen LogP contribution < -0.4 is 4.90 Å². The number of hydrogen-bond acceptors (Lipinski definition) is 2. The van der Waals surface area contributed by atoms with Crippen LogP contribution >= 0.6 is 0 Å². The molecule has 2 nitrogen and oxygen atoms in total. The van der Waals surface area contributed by atoms with Crippen LogP contribution in [0.2, 0.25) is 0 Å². The number of hydrogen-bond donors (Lipinski definition) is 0. The number of rotatable bonds is 2. The van der Waals surface area contributed by atoms with Gasteiger partial charge in [0.1, 0.15) is 0 Å². The molecule has 0 saturated carbocycles.